The van der Waals surface area contributed by atoms with E-state index in [1.165, 1.54) is 27.8 Å². The molecular weight excluding hydrogens is 521 g/mol. The number of carbonyl (C=O) groups is 1. The molecular formula is C30H31Cl2N3OS. The maximum Gasteiger partial charge on any atom is 0.254 e. The summed E-state index contributed by atoms with van der Waals surface area (Å²) in [7, 11) is 0. The van der Waals surface area contributed by atoms with Gasteiger partial charge in [0.1, 0.15) is 0 Å². The minimum absolute atomic E-state index is 0.0242. The molecule has 2 aliphatic heterocycles. The Morgan fingerprint density at radius 3 is 2.30 bits per heavy atom. The Bertz CT molecular complexity index is 1290. The normalized spacial score (nSPS) is 19.0. The zero-order chi connectivity index (χ0) is 25.6. The quantitative estimate of drug-likeness (QED) is 0.387. The molecule has 2 saturated heterocycles. The number of fused-ring (bicyclic) bond motifs is 1. The molecule has 37 heavy (non-hydrogen) atoms. The van der Waals surface area contributed by atoms with E-state index in [1.54, 1.807) is 18.2 Å². The first-order chi connectivity index (χ1) is 18.0. The average Bonchev–Trinajstić information content (AvgIpc) is 2.91. The molecule has 1 atom stereocenters. The van der Waals surface area contributed by atoms with Crippen molar-refractivity contribution in [2.75, 3.05) is 57.3 Å². The van der Waals surface area contributed by atoms with Crippen LogP contribution < -0.4 is 0 Å². The molecule has 0 bridgehead atoms. The number of nitrogens with zero attached hydrogens (tertiary/aromatic N) is 3. The number of rotatable bonds is 5. The van der Waals surface area contributed by atoms with Gasteiger partial charge in [0.05, 0.1) is 13.1 Å². The Morgan fingerprint density at radius 2 is 1.54 bits per heavy atom. The van der Waals surface area contributed by atoms with Gasteiger partial charge in [0.15, 0.2) is 0 Å². The van der Waals surface area contributed by atoms with Crippen LogP contribution in [0.5, 0.6) is 0 Å². The van der Waals surface area contributed by atoms with Crippen LogP contribution in [0.4, 0.5) is 0 Å². The lowest BCUT2D eigenvalue weighted by molar-refractivity contribution is 0.0480. The highest BCUT2D eigenvalue weighted by molar-refractivity contribution is 7.99. The molecule has 5 rings (SSSR count). The lowest BCUT2D eigenvalue weighted by atomic mass is 9.98. The van der Waals surface area contributed by atoms with Crippen LogP contribution in [0.3, 0.4) is 0 Å². The van der Waals surface area contributed by atoms with Crippen molar-refractivity contribution in [2.45, 2.75) is 12.5 Å². The number of hydrogen-bond donors (Lipinski definition) is 0. The van der Waals surface area contributed by atoms with Gasteiger partial charge in [-0.3, -0.25) is 14.6 Å². The molecule has 3 aromatic carbocycles. The van der Waals surface area contributed by atoms with Crippen molar-refractivity contribution in [2.24, 2.45) is 0 Å². The summed E-state index contributed by atoms with van der Waals surface area (Å²) in [6.07, 6.45) is 0.778. The van der Waals surface area contributed by atoms with E-state index in [4.69, 9.17) is 23.2 Å². The van der Waals surface area contributed by atoms with Gasteiger partial charge in [0, 0.05) is 65.9 Å². The Balaban J connectivity index is 1.32. The van der Waals surface area contributed by atoms with E-state index in [9.17, 15) is 4.79 Å². The average molecular weight is 553 g/mol. The van der Waals surface area contributed by atoms with Gasteiger partial charge in [-0.25, -0.2) is 0 Å². The van der Waals surface area contributed by atoms with E-state index in [0.717, 1.165) is 45.7 Å². The van der Waals surface area contributed by atoms with Crippen molar-refractivity contribution in [3.8, 4) is 11.8 Å². The highest BCUT2D eigenvalue weighted by atomic mass is 35.5. The summed E-state index contributed by atoms with van der Waals surface area (Å²) < 4.78 is 0. The second kappa shape index (κ2) is 12.6. The third-order valence-corrected chi connectivity index (χ3v) is 8.44. The fraction of sp³-hybridized carbons (Fsp3) is 0.367. The number of benzene rings is 3. The second-order valence-corrected chi connectivity index (χ2v) is 11.8. The second-order valence-electron chi connectivity index (χ2n) is 9.67. The predicted octanol–water partition coefficient (Wildman–Crippen LogP) is 5.57. The number of halogens is 2. The first-order valence-corrected chi connectivity index (χ1v) is 14.7. The minimum atomic E-state index is -0.0242. The Morgan fingerprint density at radius 1 is 0.838 bits per heavy atom. The fourth-order valence-corrected chi connectivity index (χ4v) is 6.59. The predicted molar refractivity (Wildman–Crippen MR) is 157 cm³/mol. The topological polar surface area (TPSA) is 26.8 Å². The number of amides is 1. The van der Waals surface area contributed by atoms with Crippen molar-refractivity contribution < 1.29 is 4.79 Å². The van der Waals surface area contributed by atoms with Crippen molar-refractivity contribution in [1.29, 1.82) is 0 Å². The molecule has 0 N–H and O–H groups in total. The molecule has 0 aliphatic carbocycles. The van der Waals surface area contributed by atoms with Crippen molar-refractivity contribution in [3.05, 3.63) is 81.8 Å². The van der Waals surface area contributed by atoms with E-state index >= 15 is 0 Å². The summed E-state index contributed by atoms with van der Waals surface area (Å²) in [6, 6.07) is 20.1. The molecule has 192 valence electrons. The molecule has 0 radical (unpaired) electrons. The zero-order valence-corrected chi connectivity index (χ0v) is 23.2. The lowest BCUT2D eigenvalue weighted by Gasteiger charge is -2.41. The number of carbonyl (C=O) groups excluding carboxylic acids is 1. The maximum absolute atomic E-state index is 13.6. The van der Waals surface area contributed by atoms with Gasteiger partial charge in [0.2, 0.25) is 0 Å². The Kier molecular flexibility index (Phi) is 8.97. The smallest absolute Gasteiger partial charge is 0.254 e. The van der Waals surface area contributed by atoms with Crippen LogP contribution in [-0.4, -0.2) is 84.0 Å². The number of thioether (sulfide) groups is 1. The zero-order valence-electron chi connectivity index (χ0n) is 20.8. The summed E-state index contributed by atoms with van der Waals surface area (Å²) in [6.45, 7) is 6.04. The molecule has 0 aromatic heterocycles. The van der Waals surface area contributed by atoms with Gasteiger partial charge in [-0.2, -0.15) is 11.8 Å². The van der Waals surface area contributed by atoms with Crippen LogP contribution in [-0.2, 0) is 6.42 Å². The molecule has 0 saturated carbocycles. The fourth-order valence-electron chi connectivity index (χ4n) is 5.08. The molecule has 2 fully saturated rings. The number of piperazine rings is 1. The van der Waals surface area contributed by atoms with Crippen molar-refractivity contribution in [1.82, 2.24) is 14.7 Å². The lowest BCUT2D eigenvalue weighted by Crippen LogP contribution is -2.56. The standard InChI is InChI=1S/C30H31Cl2N3OS/c31-27-19-26(20-28(32)21-27)30(36)35-12-11-34(10-4-3-9-33-13-15-37-16-14-33)22-29(35)18-23-7-8-24-5-1-2-6-25(24)17-23/h1-2,5-8,17,19-21,29H,9-16,18,22H2. The Hall–Kier alpha value is -2.20. The molecule has 2 aliphatic rings. The first kappa shape index (κ1) is 26.4. The third kappa shape index (κ3) is 7.02. The van der Waals surface area contributed by atoms with Gasteiger partial charge in [-0.05, 0) is 41.0 Å². The Labute approximate surface area is 233 Å². The highest BCUT2D eigenvalue weighted by Gasteiger charge is 2.31. The molecule has 4 nitrogen and oxygen atoms in total. The molecule has 1 unspecified atom stereocenters. The van der Waals surface area contributed by atoms with Crippen molar-refractivity contribution in [3.63, 3.8) is 0 Å². The molecule has 7 heteroatoms. The largest absolute Gasteiger partial charge is 0.333 e. The van der Waals surface area contributed by atoms with E-state index < -0.39 is 0 Å². The van der Waals surface area contributed by atoms with Crippen LogP contribution in [0, 0.1) is 11.8 Å². The van der Waals surface area contributed by atoms with Crippen molar-refractivity contribution >= 4 is 51.6 Å². The summed E-state index contributed by atoms with van der Waals surface area (Å²) >= 11 is 14.5. The maximum atomic E-state index is 13.6. The van der Waals surface area contributed by atoms with E-state index in [-0.39, 0.29) is 11.9 Å². The molecule has 2 heterocycles. The van der Waals surface area contributed by atoms with Gasteiger partial charge in [-0.15, -0.1) is 0 Å². The molecule has 1 amide bonds. The number of hydrogen-bond acceptors (Lipinski definition) is 4. The van der Waals surface area contributed by atoms with Crippen LogP contribution in [0.25, 0.3) is 10.8 Å². The third-order valence-electron chi connectivity index (χ3n) is 7.06. The van der Waals surface area contributed by atoms with Gasteiger partial charge < -0.3 is 4.90 Å². The molecule has 3 aromatic rings. The SMILES string of the molecule is O=C(c1cc(Cl)cc(Cl)c1)N1CCN(CC#CCN2CCSCC2)CC1Cc1ccc2ccccc2c1. The summed E-state index contributed by atoms with van der Waals surface area (Å²) in [4.78, 5) is 20.4. The van der Waals surface area contributed by atoms with Crippen LogP contribution >= 0.6 is 35.0 Å². The minimum Gasteiger partial charge on any atom is -0.333 e. The van der Waals surface area contributed by atoms with Gasteiger partial charge in [0.25, 0.3) is 5.91 Å². The van der Waals surface area contributed by atoms with E-state index in [0.29, 0.717) is 22.2 Å². The summed E-state index contributed by atoms with van der Waals surface area (Å²) in [5, 5.41) is 3.39. The van der Waals surface area contributed by atoms with E-state index in [1.807, 2.05) is 16.7 Å². The van der Waals surface area contributed by atoms with Gasteiger partial charge >= 0.3 is 0 Å². The summed E-state index contributed by atoms with van der Waals surface area (Å²) in [5.41, 5.74) is 1.76. The first-order valence-electron chi connectivity index (χ1n) is 12.8. The van der Waals surface area contributed by atoms with Crippen LogP contribution in [0.1, 0.15) is 15.9 Å². The van der Waals surface area contributed by atoms with E-state index in [2.05, 4.69) is 64.1 Å². The van der Waals surface area contributed by atoms with Crippen LogP contribution in [0.2, 0.25) is 10.0 Å². The van der Waals surface area contributed by atoms with Crippen LogP contribution in [0.15, 0.2) is 60.7 Å². The highest BCUT2D eigenvalue weighted by Crippen LogP contribution is 2.24. The monoisotopic (exact) mass is 551 g/mol. The molecule has 0 spiro atoms. The summed E-state index contributed by atoms with van der Waals surface area (Å²) in [5.74, 6) is 9.14. The van der Waals surface area contributed by atoms with Gasteiger partial charge in [-0.1, -0.05) is 77.5 Å².